The Morgan fingerprint density at radius 3 is 3.08 bits per heavy atom. The van der Waals surface area contributed by atoms with Crippen molar-refractivity contribution in [3.63, 3.8) is 0 Å². The van der Waals surface area contributed by atoms with Crippen LogP contribution in [0.4, 0.5) is 0 Å². The number of hydrogen-bond acceptors (Lipinski definition) is 1. The minimum atomic E-state index is 0.511. The highest BCUT2D eigenvalue weighted by atomic mass is 127. The first kappa shape index (κ1) is 10.1. The minimum absolute atomic E-state index is 0.511. The van der Waals surface area contributed by atoms with Crippen molar-refractivity contribution in [2.24, 2.45) is 0 Å². The molecular formula is C9H7BrClIO. The van der Waals surface area contributed by atoms with Crippen LogP contribution in [0.1, 0.15) is 15.9 Å². The van der Waals surface area contributed by atoms with Gasteiger partial charge in [0.1, 0.15) is 5.75 Å². The summed E-state index contributed by atoms with van der Waals surface area (Å²) in [6.07, 6.45) is 1.06. The summed E-state index contributed by atoms with van der Waals surface area (Å²) in [5, 5.41) is 0.700. The van der Waals surface area contributed by atoms with Crippen LogP contribution in [0.5, 0.6) is 5.75 Å². The van der Waals surface area contributed by atoms with Crippen molar-refractivity contribution in [3.8, 4) is 5.75 Å². The lowest BCUT2D eigenvalue weighted by Gasteiger charge is -2.22. The Morgan fingerprint density at radius 1 is 1.54 bits per heavy atom. The zero-order valence-corrected chi connectivity index (χ0v) is 11.2. The van der Waals surface area contributed by atoms with E-state index >= 15 is 0 Å². The first-order valence-electron chi connectivity index (χ1n) is 3.94. The number of benzene rings is 1. The summed E-state index contributed by atoms with van der Waals surface area (Å²) in [6, 6.07) is 3.95. The predicted molar refractivity (Wildman–Crippen MR) is 66.0 cm³/mol. The average molecular weight is 373 g/mol. The largest absolute Gasteiger partial charge is 0.492 e. The Bertz CT molecular complexity index is 343. The number of alkyl halides is 1. The lowest BCUT2D eigenvalue weighted by atomic mass is 10.1. The number of hydrogen-bond donors (Lipinski definition) is 0. The fourth-order valence-corrected chi connectivity index (χ4v) is 2.99. The standard InChI is InChI=1S/C9H7BrClIO/c10-5-3-6-8(12)1-2-13-9(6)7(11)4-5/h3-4,8H,1-2H2. The molecule has 0 fully saturated rings. The highest BCUT2D eigenvalue weighted by Crippen LogP contribution is 2.43. The highest BCUT2D eigenvalue weighted by Gasteiger charge is 2.21. The quantitative estimate of drug-likeness (QED) is 0.485. The summed E-state index contributed by atoms with van der Waals surface area (Å²) in [7, 11) is 0. The second-order valence-electron chi connectivity index (χ2n) is 2.91. The molecule has 13 heavy (non-hydrogen) atoms. The molecule has 1 atom stereocenters. The summed E-state index contributed by atoms with van der Waals surface area (Å²) in [6.45, 7) is 0.766. The molecule has 0 spiro atoms. The van der Waals surface area contributed by atoms with Gasteiger partial charge in [-0.15, -0.1) is 0 Å². The van der Waals surface area contributed by atoms with Crippen molar-refractivity contribution < 1.29 is 4.74 Å². The second kappa shape index (κ2) is 3.95. The van der Waals surface area contributed by atoms with Crippen LogP contribution in [-0.4, -0.2) is 6.61 Å². The highest BCUT2D eigenvalue weighted by molar-refractivity contribution is 14.1. The maximum Gasteiger partial charge on any atom is 0.142 e. The summed E-state index contributed by atoms with van der Waals surface area (Å²) in [4.78, 5) is 0. The smallest absolute Gasteiger partial charge is 0.142 e. The summed E-state index contributed by atoms with van der Waals surface area (Å²) in [5.74, 6) is 0.857. The topological polar surface area (TPSA) is 9.23 Å². The summed E-state index contributed by atoms with van der Waals surface area (Å²) < 4.78 is 7.05. The van der Waals surface area contributed by atoms with Crippen molar-refractivity contribution in [2.45, 2.75) is 10.3 Å². The van der Waals surface area contributed by atoms with Gasteiger partial charge in [0.2, 0.25) is 0 Å². The fourth-order valence-electron chi connectivity index (χ4n) is 1.39. The second-order valence-corrected chi connectivity index (χ2v) is 5.74. The van der Waals surface area contributed by atoms with E-state index < -0.39 is 0 Å². The van der Waals surface area contributed by atoms with E-state index in [4.69, 9.17) is 16.3 Å². The van der Waals surface area contributed by atoms with Crippen LogP contribution in [0.25, 0.3) is 0 Å². The van der Waals surface area contributed by atoms with E-state index in [0.29, 0.717) is 8.95 Å². The molecule has 4 heteroatoms. The molecule has 0 amide bonds. The van der Waals surface area contributed by atoms with Crippen LogP contribution < -0.4 is 4.74 Å². The van der Waals surface area contributed by atoms with Crippen LogP contribution in [0.3, 0.4) is 0 Å². The zero-order chi connectivity index (χ0) is 9.42. The molecule has 1 aromatic carbocycles. The third-order valence-electron chi connectivity index (χ3n) is 1.99. The molecular weight excluding hydrogens is 366 g/mol. The number of halogens is 3. The lowest BCUT2D eigenvalue weighted by Crippen LogP contribution is -2.10. The van der Waals surface area contributed by atoms with Gasteiger partial charge in [0.25, 0.3) is 0 Å². The van der Waals surface area contributed by atoms with Crippen molar-refractivity contribution in [3.05, 3.63) is 27.2 Å². The molecule has 0 bridgehead atoms. The molecule has 1 aliphatic heterocycles. The SMILES string of the molecule is Clc1cc(Br)cc2c1OCCC2I. The van der Waals surface area contributed by atoms with Gasteiger partial charge in [-0.25, -0.2) is 0 Å². The van der Waals surface area contributed by atoms with Gasteiger partial charge < -0.3 is 4.74 Å². The van der Waals surface area contributed by atoms with Crippen molar-refractivity contribution in [1.82, 2.24) is 0 Å². The van der Waals surface area contributed by atoms with Gasteiger partial charge in [-0.2, -0.15) is 0 Å². The molecule has 0 saturated carbocycles. The van der Waals surface area contributed by atoms with E-state index in [9.17, 15) is 0 Å². The van der Waals surface area contributed by atoms with Crippen molar-refractivity contribution in [2.75, 3.05) is 6.61 Å². The molecule has 70 valence electrons. The molecule has 1 aliphatic rings. The van der Waals surface area contributed by atoms with Crippen molar-refractivity contribution >= 4 is 50.1 Å². The van der Waals surface area contributed by atoms with E-state index in [-0.39, 0.29) is 0 Å². The molecule has 0 aromatic heterocycles. The molecule has 0 saturated heterocycles. The summed E-state index contributed by atoms with van der Waals surface area (Å²) in [5.41, 5.74) is 1.20. The van der Waals surface area contributed by atoms with Gasteiger partial charge in [0.05, 0.1) is 11.6 Å². The van der Waals surface area contributed by atoms with Gasteiger partial charge in [0, 0.05) is 14.0 Å². The maximum absolute atomic E-state index is 6.05. The average Bonchev–Trinajstić information content (AvgIpc) is 2.07. The van der Waals surface area contributed by atoms with E-state index in [1.807, 2.05) is 6.07 Å². The molecule has 1 heterocycles. The van der Waals surface area contributed by atoms with Crippen LogP contribution in [0.2, 0.25) is 5.02 Å². The normalized spacial score (nSPS) is 20.7. The van der Waals surface area contributed by atoms with E-state index in [1.54, 1.807) is 0 Å². The Labute approximate surface area is 104 Å². The van der Waals surface area contributed by atoms with Gasteiger partial charge in [0.15, 0.2) is 0 Å². The third-order valence-corrected chi connectivity index (χ3v) is 4.02. The molecule has 2 rings (SSSR count). The first-order valence-corrected chi connectivity index (χ1v) is 6.36. The molecule has 1 unspecified atom stereocenters. The van der Waals surface area contributed by atoms with E-state index in [2.05, 4.69) is 44.6 Å². The number of rotatable bonds is 0. The lowest BCUT2D eigenvalue weighted by molar-refractivity contribution is 0.289. The Morgan fingerprint density at radius 2 is 2.31 bits per heavy atom. The molecule has 0 aliphatic carbocycles. The summed E-state index contributed by atoms with van der Waals surface area (Å²) >= 11 is 11.9. The molecule has 0 N–H and O–H groups in total. The first-order chi connectivity index (χ1) is 6.18. The monoisotopic (exact) mass is 372 g/mol. The molecule has 1 aromatic rings. The van der Waals surface area contributed by atoms with Gasteiger partial charge in [-0.3, -0.25) is 0 Å². The Balaban J connectivity index is 2.56. The minimum Gasteiger partial charge on any atom is -0.492 e. The Kier molecular flexibility index (Phi) is 3.05. The number of fused-ring (bicyclic) bond motifs is 1. The van der Waals surface area contributed by atoms with Crippen LogP contribution >= 0.6 is 50.1 Å². The maximum atomic E-state index is 6.05. The van der Waals surface area contributed by atoms with Crippen LogP contribution in [0, 0.1) is 0 Å². The van der Waals surface area contributed by atoms with Gasteiger partial charge in [-0.05, 0) is 18.6 Å². The fraction of sp³-hybridized carbons (Fsp3) is 0.333. The van der Waals surface area contributed by atoms with Gasteiger partial charge in [-0.1, -0.05) is 50.1 Å². The third kappa shape index (κ3) is 1.97. The Hall–Kier alpha value is 0.520. The number of ether oxygens (including phenoxy) is 1. The van der Waals surface area contributed by atoms with Gasteiger partial charge >= 0.3 is 0 Å². The molecule has 0 radical (unpaired) electrons. The van der Waals surface area contributed by atoms with E-state index in [1.165, 1.54) is 5.56 Å². The van der Waals surface area contributed by atoms with E-state index in [0.717, 1.165) is 23.2 Å². The molecule has 1 nitrogen and oxygen atoms in total. The predicted octanol–water partition coefficient (Wildman–Crippen LogP) is 4.36. The van der Waals surface area contributed by atoms with Crippen molar-refractivity contribution in [1.29, 1.82) is 0 Å². The van der Waals surface area contributed by atoms with Crippen LogP contribution in [-0.2, 0) is 0 Å². The van der Waals surface area contributed by atoms with Crippen LogP contribution in [0.15, 0.2) is 16.6 Å². The zero-order valence-electron chi connectivity index (χ0n) is 6.69.